The van der Waals surface area contributed by atoms with Crippen molar-refractivity contribution >= 4 is 22.9 Å². The highest BCUT2D eigenvalue weighted by atomic mass is 35.5. The maximum atomic E-state index is 6.31. The molecule has 0 bridgehead atoms. The molecule has 1 aliphatic carbocycles. The summed E-state index contributed by atoms with van der Waals surface area (Å²) in [4.78, 5) is 1.41. The van der Waals surface area contributed by atoms with Gasteiger partial charge in [0, 0.05) is 16.8 Å². The normalized spacial score (nSPS) is 26.7. The summed E-state index contributed by atoms with van der Waals surface area (Å²) < 4.78 is 0. The molecule has 1 saturated carbocycles. The van der Waals surface area contributed by atoms with E-state index in [4.69, 9.17) is 11.6 Å². The van der Waals surface area contributed by atoms with Crippen LogP contribution in [0.4, 0.5) is 0 Å². The number of hydrogen-bond acceptors (Lipinski definition) is 2. The van der Waals surface area contributed by atoms with Crippen molar-refractivity contribution in [3.05, 3.63) is 22.4 Å². The molecule has 0 aromatic carbocycles. The van der Waals surface area contributed by atoms with Crippen LogP contribution in [0.1, 0.15) is 30.6 Å². The third-order valence-electron chi connectivity index (χ3n) is 3.10. The fourth-order valence-electron chi connectivity index (χ4n) is 2.19. The predicted octanol–water partition coefficient (Wildman–Crippen LogP) is 3.64. The maximum absolute atomic E-state index is 6.31. The average Bonchev–Trinajstić information content (AvgIpc) is 2.74. The molecule has 1 aromatic rings. The highest BCUT2D eigenvalue weighted by Crippen LogP contribution is 2.28. The van der Waals surface area contributed by atoms with Gasteiger partial charge in [-0.15, -0.1) is 22.9 Å². The van der Waals surface area contributed by atoms with Crippen LogP contribution in [0.3, 0.4) is 0 Å². The van der Waals surface area contributed by atoms with Gasteiger partial charge in [0.2, 0.25) is 0 Å². The minimum Gasteiger partial charge on any atom is -0.312 e. The standard InChI is InChI=1S/C12H18ClNS/c13-12-6-2-1-4-10(12)8-14-9-11-5-3-7-15-11/h3,5,7,10,12,14H,1-2,4,6,8-9H2. The van der Waals surface area contributed by atoms with Crippen LogP contribution in [-0.4, -0.2) is 11.9 Å². The molecule has 1 aromatic heterocycles. The van der Waals surface area contributed by atoms with E-state index in [9.17, 15) is 0 Å². The van der Waals surface area contributed by atoms with Crippen molar-refractivity contribution in [3.63, 3.8) is 0 Å². The van der Waals surface area contributed by atoms with Gasteiger partial charge >= 0.3 is 0 Å². The van der Waals surface area contributed by atoms with Crippen molar-refractivity contribution in [1.82, 2.24) is 5.32 Å². The SMILES string of the molecule is ClC1CCCCC1CNCc1cccs1. The van der Waals surface area contributed by atoms with Gasteiger partial charge in [0.05, 0.1) is 0 Å². The van der Waals surface area contributed by atoms with Gasteiger partial charge in [-0.3, -0.25) is 0 Å². The van der Waals surface area contributed by atoms with E-state index in [1.165, 1.54) is 30.6 Å². The zero-order valence-corrected chi connectivity index (χ0v) is 10.5. The van der Waals surface area contributed by atoms with E-state index in [-0.39, 0.29) is 0 Å². The molecule has 0 aliphatic heterocycles. The Labute approximate surface area is 101 Å². The lowest BCUT2D eigenvalue weighted by atomic mass is 9.89. The van der Waals surface area contributed by atoms with Crippen molar-refractivity contribution in [3.8, 4) is 0 Å². The van der Waals surface area contributed by atoms with E-state index in [1.54, 1.807) is 0 Å². The first-order valence-corrected chi connectivity index (χ1v) is 7.05. The van der Waals surface area contributed by atoms with Crippen LogP contribution in [0.15, 0.2) is 17.5 Å². The Morgan fingerprint density at radius 3 is 3.00 bits per heavy atom. The quantitative estimate of drug-likeness (QED) is 0.797. The molecule has 1 aliphatic rings. The maximum Gasteiger partial charge on any atom is 0.0376 e. The second kappa shape index (κ2) is 5.88. The molecule has 0 spiro atoms. The summed E-state index contributed by atoms with van der Waals surface area (Å²) in [6, 6.07) is 4.28. The van der Waals surface area contributed by atoms with Crippen LogP contribution >= 0.6 is 22.9 Å². The zero-order valence-electron chi connectivity index (χ0n) is 8.92. The number of halogens is 1. The number of thiophene rings is 1. The fourth-order valence-corrected chi connectivity index (χ4v) is 3.23. The summed E-state index contributed by atoms with van der Waals surface area (Å²) in [6.45, 7) is 2.07. The minimum atomic E-state index is 0.398. The van der Waals surface area contributed by atoms with Crippen molar-refractivity contribution in [2.24, 2.45) is 5.92 Å². The molecule has 84 valence electrons. The molecular formula is C12H18ClNS. The van der Waals surface area contributed by atoms with Crippen LogP contribution in [0.25, 0.3) is 0 Å². The molecule has 0 amide bonds. The van der Waals surface area contributed by atoms with Gasteiger partial charge in [-0.05, 0) is 36.8 Å². The van der Waals surface area contributed by atoms with Gasteiger partial charge in [-0.2, -0.15) is 0 Å². The summed E-state index contributed by atoms with van der Waals surface area (Å²) in [7, 11) is 0. The molecule has 2 atom stereocenters. The van der Waals surface area contributed by atoms with Crippen LogP contribution in [0.5, 0.6) is 0 Å². The Hall–Kier alpha value is -0.0500. The lowest BCUT2D eigenvalue weighted by Crippen LogP contribution is -2.30. The Morgan fingerprint density at radius 1 is 1.40 bits per heavy atom. The van der Waals surface area contributed by atoms with Crippen LogP contribution in [0, 0.1) is 5.92 Å². The average molecular weight is 244 g/mol. The molecule has 1 nitrogen and oxygen atoms in total. The van der Waals surface area contributed by atoms with Crippen molar-refractivity contribution in [1.29, 1.82) is 0 Å². The summed E-state index contributed by atoms with van der Waals surface area (Å²) in [6.07, 6.45) is 5.17. The molecule has 0 saturated heterocycles. The second-order valence-electron chi connectivity index (χ2n) is 4.27. The number of rotatable bonds is 4. The summed E-state index contributed by atoms with van der Waals surface area (Å²) in [5, 5.41) is 6.04. The first-order valence-electron chi connectivity index (χ1n) is 5.73. The van der Waals surface area contributed by atoms with Crippen molar-refractivity contribution < 1.29 is 0 Å². The zero-order chi connectivity index (χ0) is 10.5. The van der Waals surface area contributed by atoms with Gasteiger partial charge in [0.25, 0.3) is 0 Å². The molecule has 2 unspecified atom stereocenters. The molecule has 15 heavy (non-hydrogen) atoms. The highest BCUT2D eigenvalue weighted by Gasteiger charge is 2.22. The molecular weight excluding hydrogens is 226 g/mol. The molecule has 1 heterocycles. The van der Waals surface area contributed by atoms with E-state index < -0.39 is 0 Å². The van der Waals surface area contributed by atoms with E-state index >= 15 is 0 Å². The topological polar surface area (TPSA) is 12.0 Å². The Morgan fingerprint density at radius 2 is 2.27 bits per heavy atom. The lowest BCUT2D eigenvalue weighted by Gasteiger charge is -2.27. The molecule has 3 heteroatoms. The first-order chi connectivity index (χ1) is 7.36. The molecule has 2 rings (SSSR count). The number of nitrogens with one attached hydrogen (secondary N) is 1. The smallest absolute Gasteiger partial charge is 0.0376 e. The third kappa shape index (κ3) is 3.47. The fraction of sp³-hybridized carbons (Fsp3) is 0.667. The largest absolute Gasteiger partial charge is 0.312 e. The van der Waals surface area contributed by atoms with Crippen molar-refractivity contribution in [2.45, 2.75) is 37.6 Å². The summed E-state index contributed by atoms with van der Waals surface area (Å²) in [5.41, 5.74) is 0. The number of hydrogen-bond donors (Lipinski definition) is 1. The third-order valence-corrected chi connectivity index (χ3v) is 4.55. The second-order valence-corrected chi connectivity index (χ2v) is 5.86. The predicted molar refractivity (Wildman–Crippen MR) is 67.6 cm³/mol. The van der Waals surface area contributed by atoms with Crippen LogP contribution in [0.2, 0.25) is 0 Å². The van der Waals surface area contributed by atoms with Gasteiger partial charge in [0.1, 0.15) is 0 Å². The summed E-state index contributed by atoms with van der Waals surface area (Å²) in [5.74, 6) is 0.681. The van der Waals surface area contributed by atoms with Gasteiger partial charge < -0.3 is 5.32 Å². The summed E-state index contributed by atoms with van der Waals surface area (Å²) >= 11 is 8.12. The molecule has 0 radical (unpaired) electrons. The number of alkyl halides is 1. The van der Waals surface area contributed by atoms with Crippen LogP contribution in [-0.2, 0) is 6.54 Å². The monoisotopic (exact) mass is 243 g/mol. The van der Waals surface area contributed by atoms with Gasteiger partial charge in [-0.1, -0.05) is 18.9 Å². The minimum absolute atomic E-state index is 0.398. The van der Waals surface area contributed by atoms with E-state index in [1.807, 2.05) is 11.3 Å². The first kappa shape index (κ1) is 11.4. The highest BCUT2D eigenvalue weighted by molar-refractivity contribution is 7.09. The lowest BCUT2D eigenvalue weighted by molar-refractivity contribution is 0.349. The van der Waals surface area contributed by atoms with Crippen LogP contribution < -0.4 is 5.32 Å². The van der Waals surface area contributed by atoms with Crippen molar-refractivity contribution in [2.75, 3.05) is 6.54 Å². The van der Waals surface area contributed by atoms with Gasteiger partial charge in [-0.25, -0.2) is 0 Å². The Balaban J connectivity index is 1.68. The van der Waals surface area contributed by atoms with E-state index in [0.717, 1.165) is 13.1 Å². The van der Waals surface area contributed by atoms with E-state index in [0.29, 0.717) is 11.3 Å². The molecule has 1 fully saturated rings. The Kier molecular flexibility index (Phi) is 4.48. The molecule has 1 N–H and O–H groups in total. The Bertz CT molecular complexity index is 273. The van der Waals surface area contributed by atoms with E-state index in [2.05, 4.69) is 22.8 Å². The van der Waals surface area contributed by atoms with Gasteiger partial charge in [0.15, 0.2) is 0 Å².